The molecule has 0 saturated carbocycles. The van der Waals surface area contributed by atoms with Crippen molar-refractivity contribution in [2.75, 3.05) is 18.1 Å². The fraction of sp³-hybridized carbons (Fsp3) is 0.600. The van der Waals surface area contributed by atoms with Gasteiger partial charge in [-0.1, -0.05) is 37.6 Å². The summed E-state index contributed by atoms with van der Waals surface area (Å²) in [5.41, 5.74) is 0.965. The van der Waals surface area contributed by atoms with E-state index in [2.05, 4.69) is 19.2 Å². The largest absolute Gasteiger partial charge is 0.487 e. The second-order valence-corrected chi connectivity index (χ2v) is 8.53. The molecule has 0 spiro atoms. The summed E-state index contributed by atoms with van der Waals surface area (Å²) in [6.45, 7) is 5.86. The van der Waals surface area contributed by atoms with Crippen molar-refractivity contribution in [3.63, 3.8) is 0 Å². The molecule has 0 bridgehead atoms. The van der Waals surface area contributed by atoms with Crippen molar-refractivity contribution in [3.8, 4) is 5.75 Å². The van der Waals surface area contributed by atoms with E-state index >= 15 is 0 Å². The summed E-state index contributed by atoms with van der Waals surface area (Å²) in [5, 5.41) is 3.88. The normalized spacial score (nSPS) is 20.9. The van der Waals surface area contributed by atoms with Crippen LogP contribution in [-0.2, 0) is 16.4 Å². The Bertz CT molecular complexity index is 587. The van der Waals surface area contributed by atoms with Gasteiger partial charge in [-0.25, -0.2) is 8.42 Å². The molecule has 0 amide bonds. The Morgan fingerprint density at radius 1 is 1.43 bits per heavy atom. The van der Waals surface area contributed by atoms with Crippen LogP contribution in [0.15, 0.2) is 18.2 Å². The van der Waals surface area contributed by atoms with Crippen LogP contribution < -0.4 is 10.1 Å². The molecule has 2 rings (SSSR count). The number of sulfone groups is 1. The maximum atomic E-state index is 11.5. The van der Waals surface area contributed by atoms with Crippen molar-refractivity contribution in [2.24, 2.45) is 5.92 Å². The van der Waals surface area contributed by atoms with E-state index < -0.39 is 9.84 Å². The van der Waals surface area contributed by atoms with Crippen LogP contribution in [0.4, 0.5) is 0 Å². The lowest BCUT2D eigenvalue weighted by Gasteiger charge is -2.18. The van der Waals surface area contributed by atoms with Crippen molar-refractivity contribution < 1.29 is 13.2 Å². The monoisotopic (exact) mass is 331 g/mol. The van der Waals surface area contributed by atoms with Gasteiger partial charge >= 0.3 is 0 Å². The number of hydrogen-bond donors (Lipinski definition) is 1. The van der Waals surface area contributed by atoms with E-state index in [9.17, 15) is 8.42 Å². The summed E-state index contributed by atoms with van der Waals surface area (Å²) in [6, 6.07) is 5.61. The molecule has 1 fully saturated rings. The topological polar surface area (TPSA) is 55.4 Å². The van der Waals surface area contributed by atoms with Gasteiger partial charge < -0.3 is 10.1 Å². The molecule has 4 nitrogen and oxygen atoms in total. The third-order valence-electron chi connectivity index (χ3n) is 3.39. The fourth-order valence-corrected chi connectivity index (χ4v) is 4.17. The van der Waals surface area contributed by atoms with Gasteiger partial charge in [0.25, 0.3) is 0 Å². The van der Waals surface area contributed by atoms with Crippen molar-refractivity contribution in [1.29, 1.82) is 0 Å². The van der Waals surface area contributed by atoms with E-state index in [4.69, 9.17) is 16.3 Å². The maximum absolute atomic E-state index is 11.5. The predicted octanol–water partition coefficient (Wildman–Crippen LogP) is 2.65. The molecule has 1 aliphatic rings. The zero-order valence-corrected chi connectivity index (χ0v) is 14.0. The van der Waals surface area contributed by atoms with Crippen molar-refractivity contribution in [3.05, 3.63) is 28.8 Å². The van der Waals surface area contributed by atoms with Gasteiger partial charge in [0.2, 0.25) is 0 Å². The van der Waals surface area contributed by atoms with E-state index in [1.807, 2.05) is 12.1 Å². The third kappa shape index (κ3) is 4.87. The number of rotatable bonds is 6. The zero-order valence-electron chi connectivity index (χ0n) is 12.4. The first-order chi connectivity index (χ1) is 9.87. The fourth-order valence-electron chi connectivity index (χ4n) is 2.34. The molecule has 6 heteroatoms. The average molecular weight is 332 g/mol. The van der Waals surface area contributed by atoms with E-state index in [0.717, 1.165) is 12.1 Å². The number of ether oxygens (including phenoxy) is 1. The van der Waals surface area contributed by atoms with E-state index in [0.29, 0.717) is 29.7 Å². The number of halogens is 1. The number of para-hydroxylation sites is 1. The van der Waals surface area contributed by atoms with E-state index in [1.54, 1.807) is 6.07 Å². The third-order valence-corrected chi connectivity index (χ3v) is 5.43. The lowest BCUT2D eigenvalue weighted by atomic mass is 10.1. The molecule has 1 unspecified atom stereocenters. The highest BCUT2D eigenvalue weighted by Gasteiger charge is 2.30. The van der Waals surface area contributed by atoms with Crippen LogP contribution in [0.25, 0.3) is 0 Å². The van der Waals surface area contributed by atoms with Gasteiger partial charge in [-0.15, -0.1) is 0 Å². The molecule has 1 aliphatic heterocycles. The Morgan fingerprint density at radius 3 is 2.81 bits per heavy atom. The molecule has 1 saturated heterocycles. The molecular weight excluding hydrogens is 310 g/mol. The summed E-state index contributed by atoms with van der Waals surface area (Å²) in [5.74, 6) is 1.45. The van der Waals surface area contributed by atoms with Crippen molar-refractivity contribution in [2.45, 2.75) is 32.9 Å². The van der Waals surface area contributed by atoms with Crippen LogP contribution in [0.1, 0.15) is 25.8 Å². The van der Waals surface area contributed by atoms with Gasteiger partial charge in [0.1, 0.15) is 11.9 Å². The molecule has 1 atom stereocenters. The first-order valence-corrected chi connectivity index (χ1v) is 9.42. The van der Waals surface area contributed by atoms with Gasteiger partial charge in [0.05, 0.1) is 16.5 Å². The quantitative estimate of drug-likeness (QED) is 0.870. The lowest BCUT2D eigenvalue weighted by molar-refractivity contribution is 0.226. The van der Waals surface area contributed by atoms with Crippen LogP contribution >= 0.6 is 11.6 Å². The van der Waals surface area contributed by atoms with Gasteiger partial charge in [0, 0.05) is 12.1 Å². The lowest BCUT2D eigenvalue weighted by Crippen LogP contribution is -2.22. The first-order valence-electron chi connectivity index (χ1n) is 7.22. The number of nitrogens with one attached hydrogen (secondary N) is 1. The highest BCUT2D eigenvalue weighted by atomic mass is 35.5. The predicted molar refractivity (Wildman–Crippen MR) is 85.7 cm³/mol. The van der Waals surface area contributed by atoms with Gasteiger partial charge in [-0.3, -0.25) is 0 Å². The van der Waals surface area contributed by atoms with Crippen molar-refractivity contribution in [1.82, 2.24) is 5.32 Å². The molecule has 21 heavy (non-hydrogen) atoms. The van der Waals surface area contributed by atoms with E-state index in [1.165, 1.54) is 0 Å². The number of hydrogen-bond acceptors (Lipinski definition) is 4. The van der Waals surface area contributed by atoms with Crippen LogP contribution in [0, 0.1) is 5.92 Å². The molecule has 118 valence electrons. The van der Waals surface area contributed by atoms with Gasteiger partial charge in [-0.05, 0) is 24.9 Å². The Morgan fingerprint density at radius 2 is 2.19 bits per heavy atom. The maximum Gasteiger partial charge on any atom is 0.154 e. The molecule has 0 radical (unpaired) electrons. The first kappa shape index (κ1) is 16.6. The summed E-state index contributed by atoms with van der Waals surface area (Å²) < 4.78 is 28.9. The number of benzene rings is 1. The van der Waals surface area contributed by atoms with Crippen LogP contribution in [0.5, 0.6) is 5.75 Å². The Kier molecular flexibility index (Phi) is 5.52. The van der Waals surface area contributed by atoms with Crippen LogP contribution in [-0.4, -0.2) is 32.6 Å². The molecular formula is C15H22ClNO3S. The highest BCUT2D eigenvalue weighted by molar-refractivity contribution is 7.91. The van der Waals surface area contributed by atoms with Crippen LogP contribution in [0.2, 0.25) is 5.02 Å². The zero-order chi connectivity index (χ0) is 15.5. The SMILES string of the molecule is CC(C)CNCc1cccc(Cl)c1OC1CCS(=O)(=O)C1. The van der Waals surface area contributed by atoms with Gasteiger partial charge in [0.15, 0.2) is 9.84 Å². The molecule has 1 aromatic carbocycles. The smallest absolute Gasteiger partial charge is 0.154 e. The molecule has 0 aromatic heterocycles. The highest BCUT2D eigenvalue weighted by Crippen LogP contribution is 2.31. The molecule has 1 N–H and O–H groups in total. The summed E-state index contributed by atoms with van der Waals surface area (Å²) in [6.07, 6.45) is 0.241. The molecule has 0 aliphatic carbocycles. The van der Waals surface area contributed by atoms with Crippen molar-refractivity contribution >= 4 is 21.4 Å². The second kappa shape index (κ2) is 6.99. The molecule has 1 heterocycles. The minimum atomic E-state index is -2.95. The Balaban J connectivity index is 2.07. The standard InChI is InChI=1S/C15H22ClNO3S/c1-11(2)8-17-9-12-4-3-5-14(16)15(12)20-13-6-7-21(18,19)10-13/h3-5,11,13,17H,6-10H2,1-2H3. The second-order valence-electron chi connectivity index (χ2n) is 5.90. The molecule has 1 aromatic rings. The minimum Gasteiger partial charge on any atom is -0.487 e. The van der Waals surface area contributed by atoms with E-state index in [-0.39, 0.29) is 17.6 Å². The Labute approximate surface area is 131 Å². The summed E-state index contributed by atoms with van der Waals surface area (Å²) in [7, 11) is -2.95. The van der Waals surface area contributed by atoms with Gasteiger partial charge in [-0.2, -0.15) is 0 Å². The summed E-state index contributed by atoms with van der Waals surface area (Å²) >= 11 is 6.22. The minimum absolute atomic E-state index is 0.0804. The average Bonchev–Trinajstić information content (AvgIpc) is 2.72. The summed E-state index contributed by atoms with van der Waals surface area (Å²) in [4.78, 5) is 0. The Hall–Kier alpha value is -0.780. The van der Waals surface area contributed by atoms with Crippen LogP contribution in [0.3, 0.4) is 0 Å².